The highest BCUT2D eigenvalue weighted by molar-refractivity contribution is 5.99. The molecule has 9 heteroatoms. The zero-order valence-electron chi connectivity index (χ0n) is 17.1. The van der Waals surface area contributed by atoms with Gasteiger partial charge in [-0.3, -0.25) is 4.79 Å². The van der Waals surface area contributed by atoms with Crippen LogP contribution < -0.4 is 14.8 Å². The Morgan fingerprint density at radius 1 is 1.20 bits per heavy atom. The van der Waals surface area contributed by atoms with E-state index in [1.54, 1.807) is 13.0 Å². The van der Waals surface area contributed by atoms with E-state index in [1.165, 1.54) is 7.11 Å². The monoisotopic (exact) mass is 416 g/mol. The van der Waals surface area contributed by atoms with Crippen molar-refractivity contribution in [3.8, 4) is 11.5 Å². The van der Waals surface area contributed by atoms with Gasteiger partial charge in [0.25, 0.3) is 5.91 Å². The van der Waals surface area contributed by atoms with E-state index in [-0.39, 0.29) is 18.3 Å². The first kappa shape index (κ1) is 21.2. The molecule has 1 atom stereocenters. The number of carbonyl (C=O) groups is 3. The van der Waals surface area contributed by atoms with Gasteiger partial charge in [0.2, 0.25) is 0 Å². The number of methoxy groups -OCH3 is 1. The molecule has 1 aromatic carbocycles. The van der Waals surface area contributed by atoms with E-state index in [0.29, 0.717) is 41.3 Å². The molecule has 0 spiro atoms. The second-order valence-corrected chi connectivity index (χ2v) is 6.70. The average Bonchev–Trinajstić information content (AvgIpc) is 3.11. The molecule has 2 N–H and O–H groups in total. The first-order valence-corrected chi connectivity index (χ1v) is 9.56. The van der Waals surface area contributed by atoms with E-state index < -0.39 is 24.5 Å². The molecule has 0 aliphatic carbocycles. The van der Waals surface area contributed by atoms with Gasteiger partial charge in [-0.25, -0.2) is 9.59 Å². The Labute approximate surface area is 173 Å². The summed E-state index contributed by atoms with van der Waals surface area (Å²) in [7, 11) is 1.27. The summed E-state index contributed by atoms with van der Waals surface area (Å²) in [6.07, 6.45) is 0.158. The number of amides is 1. The van der Waals surface area contributed by atoms with Gasteiger partial charge in [0.05, 0.1) is 19.2 Å². The van der Waals surface area contributed by atoms with Crippen LogP contribution in [0, 0.1) is 6.92 Å². The van der Waals surface area contributed by atoms with Crippen molar-refractivity contribution in [1.82, 2.24) is 10.3 Å². The molecular weight excluding hydrogens is 392 g/mol. The minimum atomic E-state index is -0.723. The van der Waals surface area contributed by atoms with Gasteiger partial charge >= 0.3 is 11.9 Å². The van der Waals surface area contributed by atoms with Crippen molar-refractivity contribution in [1.29, 1.82) is 0 Å². The Balaban J connectivity index is 1.51. The summed E-state index contributed by atoms with van der Waals surface area (Å²) in [4.78, 5) is 39.3. The van der Waals surface area contributed by atoms with Gasteiger partial charge in [-0.05, 0) is 31.0 Å². The van der Waals surface area contributed by atoms with E-state index >= 15 is 0 Å². The summed E-state index contributed by atoms with van der Waals surface area (Å²) in [5.41, 5.74) is 1.44. The first-order valence-electron chi connectivity index (χ1n) is 9.56. The molecule has 1 aliphatic rings. The highest BCUT2D eigenvalue weighted by Gasteiger charge is 2.25. The van der Waals surface area contributed by atoms with Crippen LogP contribution >= 0.6 is 0 Å². The Morgan fingerprint density at radius 3 is 2.63 bits per heavy atom. The third kappa shape index (κ3) is 4.56. The number of benzene rings is 1. The van der Waals surface area contributed by atoms with Crippen molar-refractivity contribution >= 4 is 17.8 Å². The van der Waals surface area contributed by atoms with Gasteiger partial charge in [0.1, 0.15) is 18.4 Å². The molecule has 0 saturated carbocycles. The maximum absolute atomic E-state index is 12.4. The third-order valence-corrected chi connectivity index (χ3v) is 4.70. The molecule has 0 fully saturated rings. The molecule has 30 heavy (non-hydrogen) atoms. The van der Waals surface area contributed by atoms with Crippen LogP contribution in [0.1, 0.15) is 39.0 Å². The van der Waals surface area contributed by atoms with Crippen molar-refractivity contribution in [2.45, 2.75) is 26.4 Å². The predicted octanol–water partition coefficient (Wildman–Crippen LogP) is 1.79. The number of rotatable bonds is 7. The minimum Gasteiger partial charge on any atom is -0.486 e. The Bertz CT molecular complexity index is 951. The van der Waals surface area contributed by atoms with Gasteiger partial charge in [-0.15, -0.1) is 0 Å². The number of esters is 2. The molecule has 160 valence electrons. The van der Waals surface area contributed by atoms with Gasteiger partial charge in [0.15, 0.2) is 18.1 Å². The molecule has 1 aromatic heterocycles. The number of aromatic nitrogens is 1. The topological polar surface area (TPSA) is 116 Å². The van der Waals surface area contributed by atoms with E-state index in [9.17, 15) is 14.4 Å². The Kier molecular flexibility index (Phi) is 6.61. The average molecular weight is 416 g/mol. The SMILES string of the molecule is CCc1[nH]c(C(=O)OCC(=O)NC[C@H]2COc3ccccc3O2)c(C)c1C(=O)OC. The van der Waals surface area contributed by atoms with Crippen LogP contribution in [0.3, 0.4) is 0 Å². The lowest BCUT2D eigenvalue weighted by atomic mass is 10.1. The van der Waals surface area contributed by atoms with Crippen LogP contribution in [-0.4, -0.2) is 55.8 Å². The van der Waals surface area contributed by atoms with Crippen LogP contribution in [0.4, 0.5) is 0 Å². The van der Waals surface area contributed by atoms with Crippen molar-refractivity contribution < 1.29 is 33.3 Å². The van der Waals surface area contributed by atoms with E-state index in [4.69, 9.17) is 18.9 Å². The summed E-state index contributed by atoms with van der Waals surface area (Å²) in [6, 6.07) is 7.28. The highest BCUT2D eigenvalue weighted by atomic mass is 16.6. The quantitative estimate of drug-likeness (QED) is 0.661. The maximum atomic E-state index is 12.4. The fourth-order valence-electron chi connectivity index (χ4n) is 3.15. The summed E-state index contributed by atoms with van der Waals surface area (Å²) < 4.78 is 21.2. The van der Waals surface area contributed by atoms with Crippen LogP contribution in [0.25, 0.3) is 0 Å². The molecular formula is C21H24N2O7. The number of fused-ring (bicyclic) bond motifs is 1. The van der Waals surface area contributed by atoms with Crippen LogP contribution in [0.5, 0.6) is 11.5 Å². The molecule has 9 nitrogen and oxygen atoms in total. The Hall–Kier alpha value is -3.49. The molecule has 0 bridgehead atoms. The van der Waals surface area contributed by atoms with Crippen molar-refractivity contribution in [3.63, 3.8) is 0 Å². The number of aromatic amines is 1. The first-order chi connectivity index (χ1) is 14.4. The number of hydrogen-bond donors (Lipinski definition) is 2. The van der Waals surface area contributed by atoms with E-state index in [1.807, 2.05) is 25.1 Å². The van der Waals surface area contributed by atoms with E-state index in [2.05, 4.69) is 10.3 Å². The zero-order valence-corrected chi connectivity index (χ0v) is 17.1. The molecule has 1 aliphatic heterocycles. The van der Waals surface area contributed by atoms with Gasteiger partial charge in [-0.2, -0.15) is 0 Å². The fraction of sp³-hybridized carbons (Fsp3) is 0.381. The predicted molar refractivity (Wildman–Crippen MR) is 106 cm³/mol. The number of hydrogen-bond acceptors (Lipinski definition) is 7. The molecule has 0 saturated heterocycles. The van der Waals surface area contributed by atoms with Crippen molar-refractivity contribution in [2.24, 2.45) is 0 Å². The highest BCUT2D eigenvalue weighted by Crippen LogP contribution is 2.30. The van der Waals surface area contributed by atoms with Gasteiger partial charge in [-0.1, -0.05) is 19.1 Å². The van der Waals surface area contributed by atoms with Gasteiger partial charge in [0, 0.05) is 5.69 Å². The number of ether oxygens (including phenoxy) is 4. The standard InChI is InChI=1S/C21H24N2O7/c1-4-14-18(20(25)27-3)12(2)19(23-14)21(26)29-11-17(24)22-9-13-10-28-15-7-5-6-8-16(15)30-13/h5-8,13,23H,4,9-11H2,1-3H3,(H,22,24)/t13-/m0/s1. The number of nitrogens with one attached hydrogen (secondary N) is 2. The minimum absolute atomic E-state index is 0.126. The van der Waals surface area contributed by atoms with Crippen LogP contribution in [0.15, 0.2) is 24.3 Å². The third-order valence-electron chi connectivity index (χ3n) is 4.70. The number of aryl methyl sites for hydroxylation is 1. The van der Waals surface area contributed by atoms with Crippen molar-refractivity contribution in [2.75, 3.05) is 26.9 Å². The molecule has 3 rings (SSSR count). The largest absolute Gasteiger partial charge is 0.486 e. The molecule has 0 unspecified atom stereocenters. The number of para-hydroxylation sites is 2. The molecule has 2 aromatic rings. The summed E-state index contributed by atoms with van der Waals surface area (Å²) in [6.45, 7) is 3.51. The summed E-state index contributed by atoms with van der Waals surface area (Å²) in [5, 5.41) is 2.65. The second kappa shape index (κ2) is 9.34. The van der Waals surface area contributed by atoms with Crippen LogP contribution in [-0.2, 0) is 20.7 Å². The molecule has 0 radical (unpaired) electrons. The number of carbonyl (C=O) groups excluding carboxylic acids is 3. The fourth-order valence-corrected chi connectivity index (χ4v) is 3.15. The second-order valence-electron chi connectivity index (χ2n) is 6.70. The van der Waals surface area contributed by atoms with Crippen molar-refractivity contribution in [3.05, 3.63) is 46.8 Å². The summed E-state index contributed by atoms with van der Waals surface area (Å²) >= 11 is 0. The van der Waals surface area contributed by atoms with E-state index in [0.717, 1.165) is 0 Å². The zero-order chi connectivity index (χ0) is 21.7. The Morgan fingerprint density at radius 2 is 1.93 bits per heavy atom. The molecule has 2 heterocycles. The lowest BCUT2D eigenvalue weighted by Gasteiger charge is -2.26. The lowest BCUT2D eigenvalue weighted by molar-refractivity contribution is -0.124. The smallest absolute Gasteiger partial charge is 0.355 e. The van der Waals surface area contributed by atoms with Crippen LogP contribution in [0.2, 0.25) is 0 Å². The normalized spacial score (nSPS) is 14.7. The maximum Gasteiger partial charge on any atom is 0.355 e. The summed E-state index contributed by atoms with van der Waals surface area (Å²) in [5.74, 6) is -0.454. The molecule has 1 amide bonds. The van der Waals surface area contributed by atoms with Gasteiger partial charge < -0.3 is 29.2 Å². The number of H-pyrrole nitrogens is 1. The lowest BCUT2D eigenvalue weighted by Crippen LogP contribution is -2.42.